The minimum absolute atomic E-state index is 0. The first-order valence-electron chi connectivity index (χ1n) is 0. The van der Waals surface area contributed by atoms with Crippen molar-refractivity contribution >= 4 is 27.3 Å². The van der Waals surface area contributed by atoms with Gasteiger partial charge in [-0.2, -0.15) is 0 Å². The average molecular weight is 446 g/mol. The van der Waals surface area contributed by atoms with Crippen LogP contribution in [0, 0.1) is 0 Å². The van der Waals surface area contributed by atoms with E-state index < -0.39 is 0 Å². The molecule has 0 amide bonds. The van der Waals surface area contributed by atoms with Crippen molar-refractivity contribution in [2.45, 2.75) is 0 Å². The van der Waals surface area contributed by atoms with Crippen LogP contribution in [0.3, 0.4) is 0 Å². The third-order valence-electron chi connectivity index (χ3n) is 0. The Morgan fingerprint density at radius 3 is 1.00 bits per heavy atom. The standard InChI is InChI=1S/Ag.Cu.Pb.Zn.2H. The van der Waals surface area contributed by atoms with E-state index in [1.54, 1.807) is 0 Å². The molecule has 0 saturated heterocycles. The van der Waals surface area contributed by atoms with Crippen LogP contribution in [0.2, 0.25) is 0 Å². The molecule has 4 radical (unpaired) electrons. The molecule has 0 fully saturated rings. The van der Waals surface area contributed by atoms with E-state index in [0.717, 1.165) is 0 Å². The summed E-state index contributed by atoms with van der Waals surface area (Å²) >= 11 is 0. The summed E-state index contributed by atoms with van der Waals surface area (Å²) in [7, 11) is 0. The van der Waals surface area contributed by atoms with Gasteiger partial charge in [-0.1, -0.05) is 0 Å². The Kier molecular flexibility index (Phi) is 124. The van der Waals surface area contributed by atoms with E-state index in [-0.39, 0.29) is 86.2 Å². The Morgan fingerprint density at radius 1 is 1.00 bits per heavy atom. The summed E-state index contributed by atoms with van der Waals surface area (Å²) in [6, 6.07) is 0. The molecule has 4 heavy (non-hydrogen) atoms. The minimum Gasteiger partial charge on any atom is 0 e. The summed E-state index contributed by atoms with van der Waals surface area (Å²) < 4.78 is 0. The molecule has 0 atom stereocenters. The molecule has 0 rings (SSSR count). The van der Waals surface area contributed by atoms with Gasteiger partial charge in [0, 0.05) is 58.9 Å². The van der Waals surface area contributed by atoms with E-state index in [0.29, 0.717) is 0 Å². The van der Waals surface area contributed by atoms with Gasteiger partial charge in [0.15, 0.2) is 0 Å². The second kappa shape index (κ2) is 17.0. The molecule has 0 unspecified atom stereocenters. The molecular weight excluding hydrogens is 444 g/mol. The predicted octanol–water partition coefficient (Wildman–Crippen LogP) is -0.924. The first kappa shape index (κ1) is 29.1. The Balaban J connectivity index is 0. The maximum Gasteiger partial charge on any atom is 0 e. The topological polar surface area (TPSA) is 0 Å². The molecule has 0 aliphatic rings. The van der Waals surface area contributed by atoms with Gasteiger partial charge in [-0.3, -0.25) is 0 Å². The monoisotopic (exact) mass is 444 g/mol. The van der Waals surface area contributed by atoms with E-state index in [1.165, 1.54) is 0 Å². The Morgan fingerprint density at radius 2 is 1.00 bits per heavy atom. The fourth-order valence-electron chi connectivity index (χ4n) is 0. The molecule has 0 aromatic carbocycles. The van der Waals surface area contributed by atoms with Crippen molar-refractivity contribution < 1.29 is 58.9 Å². The molecule has 0 aliphatic carbocycles. The summed E-state index contributed by atoms with van der Waals surface area (Å²) in [5.41, 5.74) is 0. The van der Waals surface area contributed by atoms with Crippen LogP contribution >= 0.6 is 0 Å². The van der Waals surface area contributed by atoms with Gasteiger partial charge in [0.2, 0.25) is 0 Å². The van der Waals surface area contributed by atoms with Crippen molar-refractivity contribution in [1.82, 2.24) is 0 Å². The normalized spacial score (nSPS) is 0. The second-order valence-corrected chi connectivity index (χ2v) is 0. The Labute approximate surface area is 84.8 Å². The van der Waals surface area contributed by atoms with Crippen molar-refractivity contribution in [3.8, 4) is 0 Å². The van der Waals surface area contributed by atoms with Crippen molar-refractivity contribution in [3.63, 3.8) is 0 Å². The van der Waals surface area contributed by atoms with Gasteiger partial charge < -0.3 is 0 Å². The van der Waals surface area contributed by atoms with Crippen LogP contribution in [0.15, 0.2) is 0 Å². The van der Waals surface area contributed by atoms with Crippen LogP contribution < -0.4 is 0 Å². The fraction of sp³-hybridized carbons (Fsp3) is 0. The first-order valence-corrected chi connectivity index (χ1v) is 0. The summed E-state index contributed by atoms with van der Waals surface area (Å²) in [6.45, 7) is 0. The smallest absolute Gasteiger partial charge is 0 e. The molecule has 30 valence electrons. The maximum atomic E-state index is 0. The third-order valence-corrected chi connectivity index (χ3v) is 0. The van der Waals surface area contributed by atoms with Crippen molar-refractivity contribution in [3.05, 3.63) is 0 Å². The van der Waals surface area contributed by atoms with Gasteiger partial charge in [-0.15, -0.1) is 0 Å². The van der Waals surface area contributed by atoms with Crippen LogP contribution in [0.5, 0.6) is 0 Å². The van der Waals surface area contributed by atoms with Crippen LogP contribution in [0.1, 0.15) is 0 Å². The average Bonchev–Trinajstić information content (AvgIpc) is 0. The zero-order valence-electron chi connectivity index (χ0n) is 2.02. The molecule has 0 spiro atoms. The van der Waals surface area contributed by atoms with Crippen LogP contribution in [0.4, 0.5) is 0 Å². The van der Waals surface area contributed by atoms with Gasteiger partial charge in [0.05, 0.1) is 0 Å². The van der Waals surface area contributed by atoms with Crippen molar-refractivity contribution in [2.75, 3.05) is 0 Å². The molecule has 0 aliphatic heterocycles. The van der Waals surface area contributed by atoms with Crippen molar-refractivity contribution in [1.29, 1.82) is 0 Å². The van der Waals surface area contributed by atoms with Crippen LogP contribution in [0.25, 0.3) is 0 Å². The molecule has 0 heterocycles. The van der Waals surface area contributed by atoms with Gasteiger partial charge in [-0.05, 0) is 0 Å². The van der Waals surface area contributed by atoms with E-state index >= 15 is 0 Å². The summed E-state index contributed by atoms with van der Waals surface area (Å²) in [6.07, 6.45) is 0. The molecule has 0 N–H and O–H groups in total. The predicted molar refractivity (Wildman–Crippen MR) is 8.54 cm³/mol. The Bertz CT molecular complexity index is 8.00. The van der Waals surface area contributed by atoms with Crippen LogP contribution in [-0.4, -0.2) is 27.3 Å². The van der Waals surface area contributed by atoms with Crippen LogP contribution in [-0.2, 0) is 58.9 Å². The molecule has 0 saturated carbocycles. The molecule has 4 heteroatoms. The molecular formula is H2AgCuPbZn. The van der Waals surface area contributed by atoms with Gasteiger partial charge in [0.25, 0.3) is 0 Å². The maximum absolute atomic E-state index is 0. The summed E-state index contributed by atoms with van der Waals surface area (Å²) in [4.78, 5) is 0. The zero-order valence-corrected chi connectivity index (χ0v) is 12.9. The van der Waals surface area contributed by atoms with E-state index in [2.05, 4.69) is 0 Å². The number of rotatable bonds is 0. The van der Waals surface area contributed by atoms with Gasteiger partial charge >= 0.3 is 27.3 Å². The van der Waals surface area contributed by atoms with Gasteiger partial charge in [-0.25, -0.2) is 0 Å². The van der Waals surface area contributed by atoms with E-state index in [1.807, 2.05) is 0 Å². The molecule has 0 aromatic rings. The molecule has 0 aromatic heterocycles. The largest absolute Gasteiger partial charge is 0 e. The summed E-state index contributed by atoms with van der Waals surface area (Å²) in [5, 5.41) is 0. The fourth-order valence-corrected chi connectivity index (χ4v) is 0. The summed E-state index contributed by atoms with van der Waals surface area (Å²) in [5.74, 6) is 0. The quantitative estimate of drug-likeness (QED) is 0.423. The number of hydrogen-bond donors (Lipinski definition) is 0. The second-order valence-electron chi connectivity index (χ2n) is 0. The van der Waals surface area contributed by atoms with Gasteiger partial charge in [0.1, 0.15) is 0 Å². The van der Waals surface area contributed by atoms with Crippen molar-refractivity contribution in [2.24, 2.45) is 0 Å². The molecule has 0 bridgehead atoms. The third kappa shape index (κ3) is 8.84. The first-order chi connectivity index (χ1) is 0. The zero-order chi connectivity index (χ0) is 0. The van der Waals surface area contributed by atoms with E-state index in [9.17, 15) is 0 Å². The van der Waals surface area contributed by atoms with E-state index in [4.69, 9.17) is 0 Å². The Hall–Kier alpha value is 2.81. The SMILES string of the molecule is [Ag].[Cu].[PbH2].[Zn]. The number of hydrogen-bond acceptors (Lipinski definition) is 0. The molecule has 0 nitrogen and oxygen atoms in total. The minimum atomic E-state index is 0.